The van der Waals surface area contributed by atoms with Crippen LogP contribution in [0.4, 0.5) is 16.6 Å². The second-order valence-electron chi connectivity index (χ2n) is 22.2. The molecule has 3 atom stereocenters. The number of phenolic OH excluding ortho intramolecular Hbond substituents is 1. The number of carbonyl (C=O) groups is 3. The molecule has 5 aliphatic heterocycles. The summed E-state index contributed by atoms with van der Waals surface area (Å²) >= 11 is 0. The van der Waals surface area contributed by atoms with Gasteiger partial charge in [0.15, 0.2) is 0 Å². The third kappa shape index (κ3) is 9.15. The van der Waals surface area contributed by atoms with Gasteiger partial charge in [0, 0.05) is 117 Å². The number of para-hydroxylation sites is 1. The number of amides is 4. The second kappa shape index (κ2) is 19.8. The van der Waals surface area contributed by atoms with Gasteiger partial charge in [-0.1, -0.05) is 25.1 Å². The van der Waals surface area contributed by atoms with Gasteiger partial charge in [0.1, 0.15) is 23.7 Å². The number of aromatic nitrogens is 5. The summed E-state index contributed by atoms with van der Waals surface area (Å²) < 4.78 is 13.0. The number of fused-ring (bicyclic) bond motifs is 2. The topological polar surface area (TPSA) is 238 Å². The highest BCUT2D eigenvalue weighted by Gasteiger charge is 2.56. The molecule has 4 saturated heterocycles. The number of ether oxygens (including phenoxy) is 2. The van der Waals surface area contributed by atoms with E-state index in [0.717, 1.165) is 85.0 Å². The molecule has 6 aliphatic rings. The van der Waals surface area contributed by atoms with E-state index in [2.05, 4.69) is 44.4 Å². The molecule has 0 bridgehead atoms. The number of methoxy groups -OCH3 is 1. The maximum Gasteiger partial charge on any atom is 0.318 e. The average molecular weight is 1010 g/mol. The van der Waals surface area contributed by atoms with E-state index in [1.165, 1.54) is 5.56 Å². The number of hydrogen-bond acceptors (Lipinski definition) is 13. The summed E-state index contributed by atoms with van der Waals surface area (Å²) in [6.07, 6.45) is 13.4. The summed E-state index contributed by atoms with van der Waals surface area (Å²) in [6.45, 7) is 10.1. The van der Waals surface area contributed by atoms with Crippen molar-refractivity contribution in [1.29, 1.82) is 0 Å². The Kier molecular flexibility index (Phi) is 13.2. The van der Waals surface area contributed by atoms with Gasteiger partial charge in [-0.05, 0) is 119 Å². The van der Waals surface area contributed by atoms with Gasteiger partial charge >= 0.3 is 6.03 Å². The Balaban J connectivity index is 0.662. The monoisotopic (exact) mass is 1010 g/mol. The summed E-state index contributed by atoms with van der Waals surface area (Å²) in [5.74, 6) is 1.88. The standard InChI is InChI=1S/C55H71N13O6/c1-33-46-40(25-41(56)38-8-5-6-10-45(38)69)48(57)61-42(46)15-21-67(33)52-59-29-36(30-60-52)35-13-19-65(20-14-35)37-26-55(27-37)31-66(32-55)53(72)62-47(54(2)16-22-74-23-17-54)51(71)68-18-7-9-44(68)49(70)58-28-34-11-12-43-39(24-34)50(73-4)63-64(43)3/h5-6,8,10-12,24-25,29-30,33,35,37,44,47,61,69H,7,9,13-23,26-28,31-32,56-57H2,1-4H3,(H,58,70)(H,62,72)/b41-25-. The molecule has 3 unspecified atom stereocenters. The number of phenols is 1. The summed E-state index contributed by atoms with van der Waals surface area (Å²) in [7, 11) is 3.46. The summed E-state index contributed by atoms with van der Waals surface area (Å²) in [5.41, 5.74) is 19.6. The Hall–Kier alpha value is -6.86. The number of H-pyrrole nitrogens is 1. The third-order valence-electron chi connectivity index (χ3n) is 17.5. The molecule has 4 amide bonds. The van der Waals surface area contributed by atoms with Gasteiger partial charge in [0.25, 0.3) is 0 Å². The van der Waals surface area contributed by atoms with E-state index >= 15 is 0 Å². The van der Waals surface area contributed by atoms with Gasteiger partial charge in [-0.2, -0.15) is 0 Å². The smallest absolute Gasteiger partial charge is 0.318 e. The number of aryl methyl sites for hydroxylation is 1. The van der Waals surface area contributed by atoms with E-state index in [1.807, 2.05) is 54.7 Å². The van der Waals surface area contributed by atoms with Crippen molar-refractivity contribution in [1.82, 2.24) is 50.1 Å². The molecular weight excluding hydrogens is 939 g/mol. The van der Waals surface area contributed by atoms with E-state index < -0.39 is 17.5 Å². The minimum absolute atomic E-state index is 0.0536. The van der Waals surface area contributed by atoms with Crippen LogP contribution in [0.15, 0.2) is 54.9 Å². The fourth-order valence-electron chi connectivity index (χ4n) is 13.1. The van der Waals surface area contributed by atoms with Gasteiger partial charge in [-0.3, -0.25) is 14.3 Å². The quantitative estimate of drug-likeness (QED) is 0.0918. The van der Waals surface area contributed by atoms with Crippen molar-refractivity contribution in [2.75, 3.05) is 70.2 Å². The zero-order chi connectivity index (χ0) is 51.5. The minimum atomic E-state index is -0.776. The van der Waals surface area contributed by atoms with Gasteiger partial charge in [-0.15, -0.1) is 5.10 Å². The molecule has 19 nitrogen and oxygen atoms in total. The highest BCUT2D eigenvalue weighted by Crippen LogP contribution is 2.51. The van der Waals surface area contributed by atoms with Crippen molar-refractivity contribution < 1.29 is 29.0 Å². The normalized spacial score (nSPS) is 22.5. The number of benzene rings is 2. The molecular formula is C55H71N13O6. The van der Waals surface area contributed by atoms with Crippen molar-refractivity contribution in [2.24, 2.45) is 23.6 Å². The number of piperidine rings is 1. The molecule has 8 N–H and O–H groups in total. The van der Waals surface area contributed by atoms with Crippen LogP contribution in [0.2, 0.25) is 0 Å². The molecule has 5 aromatic rings. The van der Waals surface area contributed by atoms with Crippen molar-refractivity contribution in [2.45, 2.75) is 108 Å². The van der Waals surface area contributed by atoms with Crippen LogP contribution in [-0.4, -0.2) is 140 Å². The number of hydrogen-bond donors (Lipinski definition) is 6. The Labute approximate surface area is 432 Å². The molecule has 19 heteroatoms. The number of nitrogens with one attached hydrogen (secondary N) is 3. The SMILES string of the molecule is COc1nn(C)c2ccc(CNC(=O)C3CCCN3C(=O)C(NC(=O)N3CC4(CC(N5CCC(c6cnc(N7CCc8[nH]c(N)c(/C=C(\N)c9ccccc9O)c8C7C)nc6)CC5)C4)C3)C3(C)CCOCC3)cc12. The molecule has 1 spiro atoms. The predicted octanol–water partition coefficient (Wildman–Crippen LogP) is 5.41. The molecule has 2 aromatic carbocycles. The van der Waals surface area contributed by atoms with Gasteiger partial charge in [0.05, 0.1) is 24.1 Å². The zero-order valence-electron chi connectivity index (χ0n) is 43.1. The molecule has 74 heavy (non-hydrogen) atoms. The Morgan fingerprint density at radius 1 is 1.03 bits per heavy atom. The lowest BCUT2D eigenvalue weighted by atomic mass is 9.60. The number of carbonyl (C=O) groups excluding carboxylic acids is 3. The van der Waals surface area contributed by atoms with Crippen LogP contribution in [0.5, 0.6) is 11.6 Å². The first-order valence-corrected chi connectivity index (χ1v) is 26.5. The lowest BCUT2D eigenvalue weighted by molar-refractivity contribution is -0.144. The number of aromatic amines is 1. The predicted molar refractivity (Wildman–Crippen MR) is 282 cm³/mol. The Bertz CT molecular complexity index is 2940. The first-order chi connectivity index (χ1) is 35.7. The second-order valence-corrected chi connectivity index (χ2v) is 22.2. The van der Waals surface area contributed by atoms with E-state index in [4.69, 9.17) is 30.9 Å². The van der Waals surface area contributed by atoms with E-state index in [9.17, 15) is 19.5 Å². The fraction of sp³-hybridized carbons (Fsp3) is 0.527. The average Bonchev–Trinajstić information content (AvgIpc) is 4.09. The summed E-state index contributed by atoms with van der Waals surface area (Å²) in [5, 5.41) is 22.0. The molecule has 3 aromatic heterocycles. The first-order valence-electron chi connectivity index (χ1n) is 26.5. The van der Waals surface area contributed by atoms with Crippen LogP contribution in [0, 0.1) is 10.8 Å². The van der Waals surface area contributed by atoms with Crippen LogP contribution in [0.3, 0.4) is 0 Å². The molecule has 392 valence electrons. The highest BCUT2D eigenvalue weighted by molar-refractivity contribution is 5.93. The van der Waals surface area contributed by atoms with E-state index in [1.54, 1.807) is 34.9 Å². The van der Waals surface area contributed by atoms with Crippen LogP contribution in [-0.2, 0) is 34.3 Å². The maximum atomic E-state index is 14.7. The number of aromatic hydroxyl groups is 1. The number of nitrogens with zero attached hydrogens (tertiary/aromatic N) is 8. The summed E-state index contributed by atoms with van der Waals surface area (Å²) in [6, 6.07) is 11.8. The highest BCUT2D eigenvalue weighted by atomic mass is 16.5. The van der Waals surface area contributed by atoms with Gasteiger partial charge < -0.3 is 61.3 Å². The van der Waals surface area contributed by atoms with E-state index in [0.29, 0.717) is 106 Å². The number of urea groups is 1. The van der Waals surface area contributed by atoms with Crippen molar-refractivity contribution in [3.8, 4) is 11.6 Å². The van der Waals surface area contributed by atoms with Gasteiger partial charge in [-0.25, -0.2) is 14.8 Å². The largest absolute Gasteiger partial charge is 0.507 e. The number of nitrogens with two attached hydrogens (primary N) is 2. The maximum absolute atomic E-state index is 14.7. The van der Waals surface area contributed by atoms with Crippen LogP contribution < -0.4 is 31.7 Å². The van der Waals surface area contributed by atoms with Crippen molar-refractivity contribution >= 4 is 52.3 Å². The van der Waals surface area contributed by atoms with Crippen molar-refractivity contribution in [3.63, 3.8) is 0 Å². The fourth-order valence-corrected chi connectivity index (χ4v) is 13.1. The number of anilines is 2. The van der Waals surface area contributed by atoms with Crippen LogP contribution in [0.25, 0.3) is 22.7 Å². The first kappa shape index (κ1) is 49.4. The molecule has 5 fully saturated rings. The number of rotatable bonds is 12. The molecule has 0 radical (unpaired) electrons. The number of nitrogen functional groups attached to an aromatic ring is 1. The van der Waals surface area contributed by atoms with Crippen molar-refractivity contribution in [3.05, 3.63) is 88.4 Å². The number of likely N-dealkylation sites (tertiary alicyclic amines) is 3. The van der Waals surface area contributed by atoms with Crippen LogP contribution >= 0.6 is 0 Å². The lowest BCUT2D eigenvalue weighted by Crippen LogP contribution is -2.70. The van der Waals surface area contributed by atoms with Crippen LogP contribution in [0.1, 0.15) is 111 Å². The Morgan fingerprint density at radius 2 is 1.77 bits per heavy atom. The van der Waals surface area contributed by atoms with Gasteiger partial charge in [0.2, 0.25) is 23.6 Å². The molecule has 1 aliphatic carbocycles. The van der Waals surface area contributed by atoms with E-state index in [-0.39, 0.29) is 35.1 Å². The summed E-state index contributed by atoms with van der Waals surface area (Å²) in [4.78, 5) is 64.2. The Morgan fingerprint density at radius 3 is 2.50 bits per heavy atom. The molecule has 11 rings (SSSR count). The minimum Gasteiger partial charge on any atom is -0.507 e. The molecule has 8 heterocycles. The lowest BCUT2D eigenvalue weighted by Gasteiger charge is -2.61. The third-order valence-corrected chi connectivity index (χ3v) is 17.5. The molecule has 1 saturated carbocycles. The zero-order valence-corrected chi connectivity index (χ0v) is 43.1.